The van der Waals surface area contributed by atoms with Gasteiger partial charge in [-0.05, 0) is 32.4 Å². The lowest BCUT2D eigenvalue weighted by molar-refractivity contribution is 0.158. The lowest BCUT2D eigenvalue weighted by Gasteiger charge is -2.34. The Morgan fingerprint density at radius 1 is 1.25 bits per heavy atom. The quantitative estimate of drug-likeness (QED) is 0.699. The van der Waals surface area contributed by atoms with Gasteiger partial charge in [0.05, 0.1) is 7.11 Å². The first-order valence-electron chi connectivity index (χ1n) is 6.78. The molecule has 2 heterocycles. The molecule has 0 aromatic heterocycles. The molecular formula is C11H22N4O4S. The van der Waals surface area contributed by atoms with Crippen LogP contribution in [0, 0.1) is 0 Å². The smallest absolute Gasteiger partial charge is 0.421 e. The van der Waals surface area contributed by atoms with Crippen LogP contribution in [-0.4, -0.2) is 69.1 Å². The predicted molar refractivity (Wildman–Crippen MR) is 73.2 cm³/mol. The first kappa shape index (κ1) is 15.5. The minimum atomic E-state index is -3.80. The van der Waals surface area contributed by atoms with Gasteiger partial charge in [0.1, 0.15) is 0 Å². The standard InChI is InChI=1S/C11H22N4O4S/c1-19-11(16)13-20(17,18)15-7-4-10(8-15)14-5-2-9(12)3-6-14/h9-10H,2-8,12H2,1H3,(H,13,16). The molecule has 9 heteroatoms. The first-order valence-corrected chi connectivity index (χ1v) is 8.22. The molecule has 0 aromatic carbocycles. The fourth-order valence-electron chi connectivity index (χ4n) is 2.72. The molecule has 0 saturated carbocycles. The number of nitrogens with two attached hydrogens (primary N) is 1. The molecule has 3 N–H and O–H groups in total. The fourth-order valence-corrected chi connectivity index (χ4v) is 3.86. The molecule has 0 bridgehead atoms. The summed E-state index contributed by atoms with van der Waals surface area (Å²) >= 11 is 0. The molecule has 1 amide bonds. The van der Waals surface area contributed by atoms with Gasteiger partial charge in [-0.25, -0.2) is 9.52 Å². The largest absolute Gasteiger partial charge is 0.452 e. The lowest BCUT2D eigenvalue weighted by Crippen LogP contribution is -2.47. The Morgan fingerprint density at radius 3 is 2.50 bits per heavy atom. The summed E-state index contributed by atoms with van der Waals surface area (Å²) in [5, 5.41) is 0. The van der Waals surface area contributed by atoms with Crippen LogP contribution in [0.4, 0.5) is 4.79 Å². The maximum absolute atomic E-state index is 12.0. The Bertz CT molecular complexity index is 447. The number of carbonyl (C=O) groups is 1. The van der Waals surface area contributed by atoms with Crippen molar-refractivity contribution in [1.82, 2.24) is 13.9 Å². The van der Waals surface area contributed by atoms with Crippen molar-refractivity contribution in [3.05, 3.63) is 0 Å². The third-order valence-electron chi connectivity index (χ3n) is 3.95. The van der Waals surface area contributed by atoms with Gasteiger partial charge in [-0.15, -0.1) is 0 Å². The van der Waals surface area contributed by atoms with Gasteiger partial charge in [-0.2, -0.15) is 12.7 Å². The maximum Gasteiger partial charge on any atom is 0.421 e. The van der Waals surface area contributed by atoms with Gasteiger partial charge < -0.3 is 10.5 Å². The molecule has 2 fully saturated rings. The molecule has 1 atom stereocenters. The normalized spacial score (nSPS) is 26.6. The third kappa shape index (κ3) is 3.60. The van der Waals surface area contributed by atoms with Crippen molar-refractivity contribution >= 4 is 16.3 Å². The summed E-state index contributed by atoms with van der Waals surface area (Å²) in [4.78, 5) is 13.3. The van der Waals surface area contributed by atoms with E-state index in [1.54, 1.807) is 0 Å². The van der Waals surface area contributed by atoms with Crippen LogP contribution in [0.25, 0.3) is 0 Å². The van der Waals surface area contributed by atoms with Crippen LogP contribution in [0.15, 0.2) is 0 Å². The Hall–Kier alpha value is -0.900. The molecule has 2 aliphatic rings. The number of nitrogens with one attached hydrogen (secondary N) is 1. The number of methoxy groups -OCH3 is 1. The van der Waals surface area contributed by atoms with E-state index in [9.17, 15) is 13.2 Å². The molecule has 2 aliphatic heterocycles. The molecule has 1 unspecified atom stereocenters. The number of rotatable bonds is 3. The van der Waals surface area contributed by atoms with E-state index in [1.807, 2.05) is 4.72 Å². The van der Waals surface area contributed by atoms with Crippen molar-refractivity contribution in [3.8, 4) is 0 Å². The van der Waals surface area contributed by atoms with Gasteiger partial charge >= 0.3 is 16.3 Å². The monoisotopic (exact) mass is 306 g/mol. The van der Waals surface area contributed by atoms with Crippen molar-refractivity contribution in [3.63, 3.8) is 0 Å². The molecular weight excluding hydrogens is 284 g/mol. The Morgan fingerprint density at radius 2 is 1.90 bits per heavy atom. The first-order chi connectivity index (χ1) is 9.42. The summed E-state index contributed by atoms with van der Waals surface area (Å²) in [7, 11) is -2.66. The summed E-state index contributed by atoms with van der Waals surface area (Å²) in [6.45, 7) is 2.63. The summed E-state index contributed by atoms with van der Waals surface area (Å²) < 4.78 is 31.4. The van der Waals surface area contributed by atoms with Crippen LogP contribution in [0.1, 0.15) is 19.3 Å². The van der Waals surface area contributed by atoms with Crippen molar-refractivity contribution in [2.75, 3.05) is 33.3 Å². The van der Waals surface area contributed by atoms with E-state index in [-0.39, 0.29) is 12.1 Å². The Labute approximate surface area is 119 Å². The molecule has 0 aliphatic carbocycles. The number of ether oxygens (including phenoxy) is 1. The van der Waals surface area contributed by atoms with Crippen LogP contribution >= 0.6 is 0 Å². The Kier molecular flexibility index (Phi) is 4.84. The fraction of sp³-hybridized carbons (Fsp3) is 0.909. The van der Waals surface area contributed by atoms with E-state index in [2.05, 4.69) is 9.64 Å². The minimum Gasteiger partial charge on any atom is -0.452 e. The maximum atomic E-state index is 12.0. The SMILES string of the molecule is COC(=O)NS(=O)(=O)N1CCC(N2CCC(N)CC2)C1. The highest BCUT2D eigenvalue weighted by Crippen LogP contribution is 2.21. The number of carbonyl (C=O) groups excluding carboxylic acids is 1. The van der Waals surface area contributed by atoms with E-state index >= 15 is 0 Å². The highest BCUT2D eigenvalue weighted by Gasteiger charge is 2.36. The van der Waals surface area contributed by atoms with Crippen LogP contribution in [0.2, 0.25) is 0 Å². The van der Waals surface area contributed by atoms with E-state index in [1.165, 1.54) is 4.31 Å². The zero-order valence-electron chi connectivity index (χ0n) is 11.6. The topological polar surface area (TPSA) is 105 Å². The molecule has 20 heavy (non-hydrogen) atoms. The number of nitrogens with zero attached hydrogens (tertiary/aromatic N) is 2. The average molecular weight is 306 g/mol. The van der Waals surface area contributed by atoms with Crippen LogP contribution in [0.5, 0.6) is 0 Å². The Balaban J connectivity index is 1.90. The average Bonchev–Trinajstić information content (AvgIpc) is 2.89. The molecule has 0 radical (unpaired) electrons. The molecule has 2 rings (SSSR count). The summed E-state index contributed by atoms with van der Waals surface area (Å²) in [6.07, 6.45) is 1.71. The molecule has 2 saturated heterocycles. The van der Waals surface area contributed by atoms with Gasteiger partial charge in [0.2, 0.25) is 0 Å². The zero-order valence-corrected chi connectivity index (χ0v) is 12.4. The highest BCUT2D eigenvalue weighted by atomic mass is 32.2. The molecule has 0 spiro atoms. The summed E-state index contributed by atoms with van der Waals surface area (Å²) in [5.74, 6) is 0. The second-order valence-electron chi connectivity index (χ2n) is 5.27. The second-order valence-corrected chi connectivity index (χ2v) is 6.94. The van der Waals surface area contributed by atoms with E-state index in [4.69, 9.17) is 5.73 Å². The lowest BCUT2D eigenvalue weighted by atomic mass is 10.0. The van der Waals surface area contributed by atoms with E-state index in [0.717, 1.165) is 39.5 Å². The number of hydrogen-bond acceptors (Lipinski definition) is 6. The van der Waals surface area contributed by atoms with Crippen molar-refractivity contribution in [2.45, 2.75) is 31.3 Å². The van der Waals surface area contributed by atoms with Gasteiger partial charge in [-0.1, -0.05) is 0 Å². The van der Waals surface area contributed by atoms with Crippen LogP contribution < -0.4 is 10.5 Å². The minimum absolute atomic E-state index is 0.205. The van der Waals surface area contributed by atoms with Gasteiger partial charge in [0.25, 0.3) is 0 Å². The number of amides is 1. The van der Waals surface area contributed by atoms with Gasteiger partial charge in [0.15, 0.2) is 0 Å². The van der Waals surface area contributed by atoms with Crippen molar-refractivity contribution < 1.29 is 17.9 Å². The van der Waals surface area contributed by atoms with Crippen molar-refractivity contribution in [1.29, 1.82) is 0 Å². The van der Waals surface area contributed by atoms with Gasteiger partial charge in [0, 0.05) is 25.2 Å². The van der Waals surface area contributed by atoms with Gasteiger partial charge in [-0.3, -0.25) is 4.90 Å². The number of likely N-dealkylation sites (tertiary alicyclic amines) is 1. The van der Waals surface area contributed by atoms with Crippen molar-refractivity contribution in [2.24, 2.45) is 5.73 Å². The highest BCUT2D eigenvalue weighted by molar-refractivity contribution is 7.87. The predicted octanol–water partition coefficient (Wildman–Crippen LogP) is -0.915. The van der Waals surface area contributed by atoms with E-state index < -0.39 is 16.3 Å². The third-order valence-corrected chi connectivity index (χ3v) is 5.39. The number of piperidine rings is 1. The van der Waals surface area contributed by atoms with Crippen LogP contribution in [0.3, 0.4) is 0 Å². The second kappa shape index (κ2) is 6.25. The summed E-state index contributed by atoms with van der Waals surface area (Å²) in [6, 6.07) is 0.463. The van der Waals surface area contributed by atoms with Crippen LogP contribution in [-0.2, 0) is 14.9 Å². The molecule has 0 aromatic rings. The van der Waals surface area contributed by atoms with E-state index in [0.29, 0.717) is 13.1 Å². The molecule has 8 nitrogen and oxygen atoms in total. The summed E-state index contributed by atoms with van der Waals surface area (Å²) in [5.41, 5.74) is 5.87. The zero-order chi connectivity index (χ0) is 14.8. The number of hydrogen-bond donors (Lipinski definition) is 2. The molecule has 116 valence electrons.